The number of anilines is 2. The molecule has 0 radical (unpaired) electrons. The maximum Gasteiger partial charge on any atom is 0.249 e. The lowest BCUT2D eigenvalue weighted by molar-refractivity contribution is -0.118. The second-order valence-electron chi connectivity index (χ2n) is 5.28. The first kappa shape index (κ1) is 14.1. The lowest BCUT2D eigenvalue weighted by Crippen LogP contribution is -2.40. The number of benzene rings is 1. The fourth-order valence-electron chi connectivity index (χ4n) is 2.63. The van der Waals surface area contributed by atoms with Gasteiger partial charge in [-0.3, -0.25) is 4.79 Å². The summed E-state index contributed by atoms with van der Waals surface area (Å²) >= 11 is 0. The molecule has 1 aliphatic rings. The van der Waals surface area contributed by atoms with Crippen molar-refractivity contribution in [1.29, 1.82) is 5.26 Å². The molecule has 1 N–H and O–H groups in total. The first-order valence-corrected chi connectivity index (χ1v) is 7.21. The Morgan fingerprint density at radius 2 is 2.18 bits per heavy atom. The molecular formula is C17H16N4O. The second-order valence-corrected chi connectivity index (χ2v) is 5.28. The van der Waals surface area contributed by atoms with E-state index in [0.717, 1.165) is 12.1 Å². The number of aromatic nitrogens is 1. The summed E-state index contributed by atoms with van der Waals surface area (Å²) in [7, 11) is 0. The molecule has 2 heterocycles. The molecule has 5 heteroatoms. The van der Waals surface area contributed by atoms with Gasteiger partial charge in [0.05, 0.1) is 5.56 Å². The zero-order valence-electron chi connectivity index (χ0n) is 12.3. The third-order valence-electron chi connectivity index (χ3n) is 3.78. The molecule has 1 unspecified atom stereocenters. The van der Waals surface area contributed by atoms with E-state index in [0.29, 0.717) is 17.9 Å². The fourth-order valence-corrected chi connectivity index (χ4v) is 2.63. The van der Waals surface area contributed by atoms with Crippen LogP contribution in [0.5, 0.6) is 0 Å². The number of nitriles is 1. The van der Waals surface area contributed by atoms with Crippen molar-refractivity contribution >= 4 is 17.4 Å². The van der Waals surface area contributed by atoms with E-state index in [1.165, 1.54) is 11.8 Å². The quantitative estimate of drug-likeness (QED) is 0.942. The minimum Gasteiger partial charge on any atom is -0.359 e. The molecule has 1 atom stereocenters. The first-order valence-electron chi connectivity index (χ1n) is 7.21. The van der Waals surface area contributed by atoms with Crippen molar-refractivity contribution in [2.45, 2.75) is 19.4 Å². The largest absolute Gasteiger partial charge is 0.359 e. The summed E-state index contributed by atoms with van der Waals surface area (Å²) in [6.45, 7) is 2.54. The lowest BCUT2D eigenvalue weighted by Gasteiger charge is -2.22. The van der Waals surface area contributed by atoms with Gasteiger partial charge in [-0.25, -0.2) is 4.98 Å². The standard InChI is InChI=1S/C17H16N4O/c1-12(20-16-7-6-13(10-18)11-19-16)17(22)21-9-8-14-4-2-3-5-15(14)21/h2-7,11-12H,8-9H2,1H3,(H,19,20). The maximum absolute atomic E-state index is 12.6. The number of carbonyl (C=O) groups excluding carboxylic acids is 1. The summed E-state index contributed by atoms with van der Waals surface area (Å²) in [5, 5.41) is 11.9. The Bertz CT molecular complexity index is 733. The number of carbonyl (C=O) groups is 1. The number of para-hydroxylation sites is 1. The van der Waals surface area contributed by atoms with E-state index in [4.69, 9.17) is 5.26 Å². The van der Waals surface area contributed by atoms with Crippen molar-refractivity contribution in [3.8, 4) is 6.07 Å². The summed E-state index contributed by atoms with van der Waals surface area (Å²) in [6.07, 6.45) is 2.38. The van der Waals surface area contributed by atoms with Crippen LogP contribution < -0.4 is 10.2 Å². The van der Waals surface area contributed by atoms with E-state index < -0.39 is 0 Å². The topological polar surface area (TPSA) is 69.0 Å². The molecule has 1 amide bonds. The highest BCUT2D eigenvalue weighted by Crippen LogP contribution is 2.28. The Kier molecular flexibility index (Phi) is 3.75. The SMILES string of the molecule is CC(Nc1ccc(C#N)cn1)C(=O)N1CCc2ccccc21. The number of nitrogens with zero attached hydrogens (tertiary/aromatic N) is 3. The summed E-state index contributed by atoms with van der Waals surface area (Å²) < 4.78 is 0. The lowest BCUT2D eigenvalue weighted by atomic mass is 10.2. The predicted octanol–water partition coefficient (Wildman–Crippen LogP) is 2.34. The van der Waals surface area contributed by atoms with Gasteiger partial charge in [-0.05, 0) is 37.1 Å². The summed E-state index contributed by atoms with van der Waals surface area (Å²) in [5.74, 6) is 0.614. The van der Waals surface area contributed by atoms with Gasteiger partial charge in [0.1, 0.15) is 17.9 Å². The van der Waals surface area contributed by atoms with Crippen LogP contribution in [0.15, 0.2) is 42.6 Å². The van der Waals surface area contributed by atoms with Crippen molar-refractivity contribution in [3.63, 3.8) is 0 Å². The molecule has 0 bridgehead atoms. The van der Waals surface area contributed by atoms with E-state index in [1.54, 1.807) is 12.1 Å². The van der Waals surface area contributed by atoms with Crippen LogP contribution >= 0.6 is 0 Å². The molecule has 0 spiro atoms. The molecule has 2 aromatic rings. The van der Waals surface area contributed by atoms with Gasteiger partial charge in [-0.1, -0.05) is 18.2 Å². The molecule has 0 saturated carbocycles. The van der Waals surface area contributed by atoms with Crippen molar-refractivity contribution in [1.82, 2.24) is 4.98 Å². The Labute approximate surface area is 129 Å². The Hall–Kier alpha value is -2.87. The smallest absolute Gasteiger partial charge is 0.249 e. The van der Waals surface area contributed by atoms with Crippen molar-refractivity contribution in [3.05, 3.63) is 53.7 Å². The average molecular weight is 292 g/mol. The molecule has 1 aromatic carbocycles. The number of amides is 1. The Morgan fingerprint density at radius 3 is 2.91 bits per heavy atom. The Balaban J connectivity index is 1.71. The van der Waals surface area contributed by atoms with Gasteiger partial charge in [0.2, 0.25) is 5.91 Å². The van der Waals surface area contributed by atoms with Gasteiger partial charge in [0, 0.05) is 18.4 Å². The molecule has 1 aliphatic heterocycles. The first-order chi connectivity index (χ1) is 10.7. The minimum absolute atomic E-state index is 0.0242. The molecule has 110 valence electrons. The maximum atomic E-state index is 12.6. The minimum atomic E-state index is -0.383. The summed E-state index contributed by atoms with van der Waals surface area (Å²) in [5.41, 5.74) is 2.70. The highest BCUT2D eigenvalue weighted by molar-refractivity contribution is 6.00. The third kappa shape index (κ3) is 2.63. The molecule has 0 saturated heterocycles. The van der Waals surface area contributed by atoms with Gasteiger partial charge in [-0.2, -0.15) is 5.26 Å². The Morgan fingerprint density at radius 1 is 1.36 bits per heavy atom. The summed E-state index contributed by atoms with van der Waals surface area (Å²) in [6, 6.07) is 13.0. The average Bonchev–Trinajstić information content (AvgIpc) is 2.99. The normalized spacial score (nSPS) is 14.1. The predicted molar refractivity (Wildman–Crippen MR) is 84.5 cm³/mol. The van der Waals surface area contributed by atoms with Crippen LogP contribution in [0.25, 0.3) is 0 Å². The molecule has 1 aromatic heterocycles. The number of fused-ring (bicyclic) bond motifs is 1. The van der Waals surface area contributed by atoms with Crippen LogP contribution in [0.3, 0.4) is 0 Å². The van der Waals surface area contributed by atoms with Crippen molar-refractivity contribution < 1.29 is 4.79 Å². The molecule has 22 heavy (non-hydrogen) atoms. The van der Waals surface area contributed by atoms with E-state index in [9.17, 15) is 4.79 Å². The van der Waals surface area contributed by atoms with E-state index in [-0.39, 0.29) is 11.9 Å². The zero-order chi connectivity index (χ0) is 15.5. The van der Waals surface area contributed by atoms with Crippen LogP contribution in [0.1, 0.15) is 18.1 Å². The third-order valence-corrected chi connectivity index (χ3v) is 3.78. The van der Waals surface area contributed by atoms with Crippen LogP contribution in [-0.4, -0.2) is 23.5 Å². The van der Waals surface area contributed by atoms with Crippen molar-refractivity contribution in [2.75, 3.05) is 16.8 Å². The van der Waals surface area contributed by atoms with E-state index >= 15 is 0 Å². The van der Waals surface area contributed by atoms with Crippen molar-refractivity contribution in [2.24, 2.45) is 0 Å². The van der Waals surface area contributed by atoms with Crippen LogP contribution in [-0.2, 0) is 11.2 Å². The number of hydrogen-bond acceptors (Lipinski definition) is 4. The number of rotatable bonds is 3. The highest BCUT2D eigenvalue weighted by Gasteiger charge is 2.27. The second kappa shape index (κ2) is 5.86. The van der Waals surface area contributed by atoms with Crippen LogP contribution in [0.2, 0.25) is 0 Å². The van der Waals surface area contributed by atoms with E-state index in [1.807, 2.05) is 36.1 Å². The van der Waals surface area contributed by atoms with Crippen LogP contribution in [0.4, 0.5) is 11.5 Å². The van der Waals surface area contributed by atoms with Crippen LogP contribution in [0, 0.1) is 11.3 Å². The van der Waals surface area contributed by atoms with Gasteiger partial charge < -0.3 is 10.2 Å². The fraction of sp³-hybridized carbons (Fsp3) is 0.235. The molecule has 0 aliphatic carbocycles. The van der Waals surface area contributed by atoms with E-state index in [2.05, 4.69) is 16.4 Å². The molecule has 3 rings (SSSR count). The monoisotopic (exact) mass is 292 g/mol. The molecular weight excluding hydrogens is 276 g/mol. The number of hydrogen-bond donors (Lipinski definition) is 1. The van der Waals surface area contributed by atoms with Gasteiger partial charge in [0.25, 0.3) is 0 Å². The number of pyridine rings is 1. The highest BCUT2D eigenvalue weighted by atomic mass is 16.2. The van der Waals surface area contributed by atoms with Gasteiger partial charge >= 0.3 is 0 Å². The van der Waals surface area contributed by atoms with Gasteiger partial charge in [-0.15, -0.1) is 0 Å². The molecule has 0 fully saturated rings. The summed E-state index contributed by atoms with van der Waals surface area (Å²) in [4.78, 5) is 18.6. The van der Waals surface area contributed by atoms with Gasteiger partial charge in [0.15, 0.2) is 0 Å². The zero-order valence-corrected chi connectivity index (χ0v) is 12.3. The number of nitrogens with one attached hydrogen (secondary N) is 1. The molecule has 5 nitrogen and oxygen atoms in total.